The first-order valence-electron chi connectivity index (χ1n) is 12.4. The SMILES string of the molecule is CCC(c1ccc2ccc(O[C@H]3CC[C@@H](C(F)(F)F)CC3)c(C#N)c2c1)N1CCC(C(=O)O)CC1. The van der Waals surface area contributed by atoms with Crippen molar-refractivity contribution >= 4 is 16.7 Å². The molecule has 2 aromatic rings. The summed E-state index contributed by atoms with van der Waals surface area (Å²) < 4.78 is 45.1. The van der Waals surface area contributed by atoms with E-state index < -0.39 is 18.1 Å². The third-order valence-electron chi connectivity index (χ3n) is 7.64. The van der Waals surface area contributed by atoms with Crippen LogP contribution >= 0.6 is 0 Å². The highest BCUT2D eigenvalue weighted by Gasteiger charge is 2.42. The van der Waals surface area contributed by atoms with Gasteiger partial charge in [0, 0.05) is 11.4 Å². The van der Waals surface area contributed by atoms with E-state index in [0.717, 1.165) is 22.8 Å². The molecule has 0 aromatic heterocycles. The van der Waals surface area contributed by atoms with Crippen molar-refractivity contribution in [2.24, 2.45) is 11.8 Å². The molecule has 1 heterocycles. The molecule has 4 rings (SSSR count). The largest absolute Gasteiger partial charge is 0.489 e. The molecule has 2 aromatic carbocycles. The molecule has 8 heteroatoms. The van der Waals surface area contributed by atoms with Crippen molar-refractivity contribution in [3.8, 4) is 11.8 Å². The van der Waals surface area contributed by atoms with Gasteiger partial charge in [0.05, 0.1) is 17.9 Å². The molecular formula is C27H31F3N2O3. The average Bonchev–Trinajstić information content (AvgIpc) is 2.84. The molecule has 1 saturated heterocycles. The zero-order valence-electron chi connectivity index (χ0n) is 19.9. The average molecular weight is 489 g/mol. The first kappa shape index (κ1) is 25.3. The number of rotatable bonds is 6. The van der Waals surface area contributed by atoms with Crippen LogP contribution in [0.5, 0.6) is 5.75 Å². The Kier molecular flexibility index (Phi) is 7.56. The standard InChI is InChI=1S/C27H31F3N2O3/c1-2-24(32-13-11-18(12-14-32)26(33)34)19-4-3-17-5-10-25(23(16-31)22(17)15-19)35-21-8-6-20(7-9-21)27(28,29)30/h3-5,10,15,18,20-21,24H,2,6-9,11-14H2,1H3,(H,33,34)/t20-,21+,24?. The number of hydrogen-bond donors (Lipinski definition) is 1. The number of carbonyl (C=O) groups is 1. The van der Waals surface area contributed by atoms with Gasteiger partial charge >= 0.3 is 12.1 Å². The molecular weight excluding hydrogens is 457 g/mol. The van der Waals surface area contributed by atoms with Crippen molar-refractivity contribution < 1.29 is 27.8 Å². The normalized spacial score (nSPS) is 23.1. The van der Waals surface area contributed by atoms with E-state index in [-0.39, 0.29) is 30.9 Å². The second kappa shape index (κ2) is 10.4. The summed E-state index contributed by atoms with van der Waals surface area (Å²) in [5.74, 6) is -1.88. The Balaban J connectivity index is 1.54. The number of halogens is 3. The van der Waals surface area contributed by atoms with E-state index in [1.807, 2.05) is 18.2 Å². The zero-order valence-corrected chi connectivity index (χ0v) is 19.9. The Morgan fingerprint density at radius 2 is 1.80 bits per heavy atom. The molecule has 1 aliphatic heterocycles. The highest BCUT2D eigenvalue weighted by molar-refractivity contribution is 5.90. The number of nitriles is 1. The summed E-state index contributed by atoms with van der Waals surface area (Å²) in [7, 11) is 0. The van der Waals surface area contributed by atoms with Gasteiger partial charge in [-0.1, -0.05) is 25.1 Å². The number of aliphatic carboxylic acids is 1. The molecule has 1 N–H and O–H groups in total. The quantitative estimate of drug-likeness (QED) is 0.505. The summed E-state index contributed by atoms with van der Waals surface area (Å²) in [5.41, 5.74) is 1.47. The zero-order chi connectivity index (χ0) is 25.2. The van der Waals surface area contributed by atoms with Crippen LogP contribution < -0.4 is 4.74 Å². The van der Waals surface area contributed by atoms with Crippen LogP contribution in [-0.2, 0) is 4.79 Å². The number of fused-ring (bicyclic) bond motifs is 1. The lowest BCUT2D eigenvalue weighted by molar-refractivity contribution is -0.185. The minimum atomic E-state index is -4.17. The Bertz CT molecular complexity index is 1100. The highest BCUT2D eigenvalue weighted by Crippen LogP contribution is 2.40. The number of likely N-dealkylation sites (tertiary alicyclic amines) is 1. The molecule has 1 atom stereocenters. The fraction of sp³-hybridized carbons (Fsp3) is 0.556. The molecule has 1 saturated carbocycles. The lowest BCUT2D eigenvalue weighted by Crippen LogP contribution is -2.38. The topological polar surface area (TPSA) is 73.6 Å². The third-order valence-corrected chi connectivity index (χ3v) is 7.64. The van der Waals surface area contributed by atoms with E-state index in [2.05, 4.69) is 24.0 Å². The predicted molar refractivity (Wildman–Crippen MR) is 126 cm³/mol. The minimum Gasteiger partial charge on any atom is -0.489 e. The monoisotopic (exact) mass is 488 g/mol. The van der Waals surface area contributed by atoms with Gasteiger partial charge in [0.15, 0.2) is 0 Å². The van der Waals surface area contributed by atoms with E-state index in [4.69, 9.17) is 4.74 Å². The number of piperidine rings is 1. The molecule has 1 aliphatic carbocycles. The highest BCUT2D eigenvalue weighted by atomic mass is 19.4. The lowest BCUT2D eigenvalue weighted by Gasteiger charge is -2.36. The van der Waals surface area contributed by atoms with Crippen molar-refractivity contribution in [1.82, 2.24) is 4.90 Å². The van der Waals surface area contributed by atoms with Crippen LogP contribution in [0.1, 0.15) is 69.0 Å². The number of alkyl halides is 3. The van der Waals surface area contributed by atoms with Gasteiger partial charge in [-0.05, 0) is 81.1 Å². The van der Waals surface area contributed by atoms with Gasteiger partial charge < -0.3 is 9.84 Å². The number of nitrogens with zero attached hydrogens (tertiary/aromatic N) is 2. The number of ether oxygens (including phenoxy) is 1. The summed E-state index contributed by atoms with van der Waals surface area (Å²) in [6, 6.07) is 12.0. The minimum absolute atomic E-state index is 0.0462. The predicted octanol–water partition coefficient (Wildman–Crippen LogP) is 6.46. The Hall–Kier alpha value is -2.79. The van der Waals surface area contributed by atoms with E-state index in [1.165, 1.54) is 0 Å². The second-order valence-corrected chi connectivity index (χ2v) is 9.74. The van der Waals surface area contributed by atoms with Crippen LogP contribution in [0, 0.1) is 23.2 Å². The van der Waals surface area contributed by atoms with Crippen LogP contribution in [0.25, 0.3) is 10.8 Å². The van der Waals surface area contributed by atoms with Gasteiger partial charge in [-0.2, -0.15) is 18.4 Å². The molecule has 1 unspecified atom stereocenters. The van der Waals surface area contributed by atoms with Crippen molar-refractivity contribution in [2.75, 3.05) is 13.1 Å². The number of benzene rings is 2. The van der Waals surface area contributed by atoms with Gasteiger partial charge in [0.25, 0.3) is 0 Å². The summed E-state index contributed by atoms with van der Waals surface area (Å²) in [5, 5.41) is 20.9. The molecule has 0 amide bonds. The fourth-order valence-corrected chi connectivity index (χ4v) is 5.59. The third kappa shape index (κ3) is 5.56. The molecule has 5 nitrogen and oxygen atoms in total. The Labute approximate surface area is 203 Å². The van der Waals surface area contributed by atoms with E-state index in [0.29, 0.717) is 50.1 Å². The van der Waals surface area contributed by atoms with Crippen molar-refractivity contribution in [3.05, 3.63) is 41.5 Å². The first-order valence-corrected chi connectivity index (χ1v) is 12.4. The second-order valence-electron chi connectivity index (χ2n) is 9.74. The molecule has 35 heavy (non-hydrogen) atoms. The van der Waals surface area contributed by atoms with E-state index in [1.54, 1.807) is 6.07 Å². The van der Waals surface area contributed by atoms with Crippen LogP contribution in [0.15, 0.2) is 30.3 Å². The molecule has 2 fully saturated rings. The van der Waals surface area contributed by atoms with Gasteiger partial charge in [0.2, 0.25) is 0 Å². The van der Waals surface area contributed by atoms with Crippen molar-refractivity contribution in [1.29, 1.82) is 5.26 Å². The maximum atomic E-state index is 13.0. The maximum Gasteiger partial charge on any atom is 0.391 e. The molecule has 2 aliphatic rings. The smallest absolute Gasteiger partial charge is 0.391 e. The first-order chi connectivity index (χ1) is 16.7. The maximum absolute atomic E-state index is 13.0. The van der Waals surface area contributed by atoms with Gasteiger partial charge in [-0.25, -0.2) is 0 Å². The fourth-order valence-electron chi connectivity index (χ4n) is 5.59. The van der Waals surface area contributed by atoms with E-state index >= 15 is 0 Å². The van der Waals surface area contributed by atoms with Crippen LogP contribution in [0.3, 0.4) is 0 Å². The number of carboxylic acids is 1. The lowest BCUT2D eigenvalue weighted by atomic mass is 9.87. The molecule has 0 spiro atoms. The van der Waals surface area contributed by atoms with Crippen LogP contribution in [-0.4, -0.2) is 41.3 Å². The van der Waals surface area contributed by atoms with Gasteiger partial charge in [-0.15, -0.1) is 0 Å². The summed E-state index contributed by atoms with van der Waals surface area (Å²) in [4.78, 5) is 13.6. The molecule has 0 bridgehead atoms. The van der Waals surface area contributed by atoms with Crippen molar-refractivity contribution in [3.63, 3.8) is 0 Å². The molecule has 188 valence electrons. The van der Waals surface area contributed by atoms with Crippen molar-refractivity contribution in [2.45, 2.75) is 70.2 Å². The van der Waals surface area contributed by atoms with Gasteiger partial charge in [0.1, 0.15) is 17.4 Å². The van der Waals surface area contributed by atoms with Crippen LogP contribution in [0.2, 0.25) is 0 Å². The van der Waals surface area contributed by atoms with Crippen LogP contribution in [0.4, 0.5) is 13.2 Å². The number of hydrogen-bond acceptors (Lipinski definition) is 4. The van der Waals surface area contributed by atoms with E-state index in [9.17, 15) is 28.3 Å². The number of carboxylic acid groups (broad SMARTS) is 1. The summed E-state index contributed by atoms with van der Waals surface area (Å²) >= 11 is 0. The van der Waals surface area contributed by atoms with Gasteiger partial charge in [-0.3, -0.25) is 9.69 Å². The Morgan fingerprint density at radius 3 is 2.37 bits per heavy atom. The molecule has 0 radical (unpaired) electrons. The summed E-state index contributed by atoms with van der Waals surface area (Å²) in [6.07, 6.45) is -1.68. The Morgan fingerprint density at radius 1 is 1.14 bits per heavy atom. The summed E-state index contributed by atoms with van der Waals surface area (Å²) in [6.45, 7) is 3.52.